The summed E-state index contributed by atoms with van der Waals surface area (Å²) in [7, 11) is 0. The molecule has 5 nitrogen and oxygen atoms in total. The van der Waals surface area contributed by atoms with E-state index in [0.29, 0.717) is 23.6 Å². The number of amides is 1. The fourth-order valence-electron chi connectivity index (χ4n) is 3.29. The minimum Gasteiger partial charge on any atom is -0.489 e. The number of carbonyl (C=O) groups excluding carboxylic acids is 2. The second kappa shape index (κ2) is 7.14. The summed E-state index contributed by atoms with van der Waals surface area (Å²) in [5.41, 5.74) is 0.0633. The number of ketones is 1. The van der Waals surface area contributed by atoms with Gasteiger partial charge >= 0.3 is 0 Å². The maximum atomic E-state index is 13.0. The lowest BCUT2D eigenvalue weighted by Crippen LogP contribution is -2.41. The summed E-state index contributed by atoms with van der Waals surface area (Å²) >= 11 is 0. The average Bonchev–Trinajstić information content (AvgIpc) is 2.82. The molecule has 1 heterocycles. The van der Waals surface area contributed by atoms with E-state index < -0.39 is 11.5 Å². The topological polar surface area (TPSA) is 66.8 Å². The van der Waals surface area contributed by atoms with Gasteiger partial charge in [0.1, 0.15) is 18.1 Å². The van der Waals surface area contributed by atoms with E-state index in [2.05, 4.69) is 6.58 Å². The van der Waals surface area contributed by atoms with E-state index >= 15 is 0 Å². The van der Waals surface area contributed by atoms with Crippen molar-refractivity contribution in [1.29, 1.82) is 0 Å². The van der Waals surface area contributed by atoms with Gasteiger partial charge in [-0.25, -0.2) is 0 Å². The number of hydrogen-bond donors (Lipinski definition) is 1. The highest BCUT2D eigenvalue weighted by Gasteiger charge is 2.50. The highest BCUT2D eigenvalue weighted by atomic mass is 16.5. The average molecular weight is 351 g/mol. The third-order valence-corrected chi connectivity index (χ3v) is 4.40. The van der Waals surface area contributed by atoms with Crippen LogP contribution < -0.4 is 9.64 Å². The Morgan fingerprint density at radius 3 is 2.65 bits per heavy atom. The lowest BCUT2D eigenvalue weighted by atomic mass is 9.90. The summed E-state index contributed by atoms with van der Waals surface area (Å²) in [6.07, 6.45) is 1.41. The Hall–Kier alpha value is -2.92. The summed E-state index contributed by atoms with van der Waals surface area (Å²) < 4.78 is 5.66. The van der Waals surface area contributed by atoms with E-state index in [0.717, 1.165) is 5.56 Å². The fourth-order valence-corrected chi connectivity index (χ4v) is 3.29. The molecule has 1 unspecified atom stereocenters. The van der Waals surface area contributed by atoms with Crippen molar-refractivity contribution >= 4 is 17.4 Å². The van der Waals surface area contributed by atoms with Crippen LogP contribution in [0.4, 0.5) is 5.69 Å². The number of Topliss-reactive ketones (excluding diaryl/α,β-unsaturated/α-hetero) is 1. The minimum absolute atomic E-state index is 0.239. The number of hydrogen-bond acceptors (Lipinski definition) is 4. The van der Waals surface area contributed by atoms with Crippen LogP contribution in [0.15, 0.2) is 61.2 Å². The molecule has 0 saturated heterocycles. The van der Waals surface area contributed by atoms with Gasteiger partial charge in [0.15, 0.2) is 5.60 Å². The van der Waals surface area contributed by atoms with Gasteiger partial charge in [-0.05, 0) is 19.1 Å². The molecular weight excluding hydrogens is 330 g/mol. The Balaban J connectivity index is 1.98. The number of aliphatic hydroxyl groups is 1. The van der Waals surface area contributed by atoms with Gasteiger partial charge < -0.3 is 14.7 Å². The number of carbonyl (C=O) groups is 2. The smallest absolute Gasteiger partial charge is 0.264 e. The number of nitrogens with zero attached hydrogens (tertiary/aromatic N) is 1. The van der Waals surface area contributed by atoms with Crippen molar-refractivity contribution in [3.05, 3.63) is 72.3 Å². The molecule has 26 heavy (non-hydrogen) atoms. The molecule has 1 amide bonds. The van der Waals surface area contributed by atoms with Crippen molar-refractivity contribution in [2.75, 3.05) is 11.5 Å². The molecule has 0 spiro atoms. The van der Waals surface area contributed by atoms with Crippen LogP contribution in [0.5, 0.6) is 5.75 Å². The standard InChI is InChI=1S/C21H21NO4/c1-3-12-26-19-11-7-4-8-16(19)14-22-18-10-6-5-9-17(18)21(25,20(22)24)13-15(2)23/h3-11,25H,1,12-14H2,2H3. The van der Waals surface area contributed by atoms with E-state index in [1.807, 2.05) is 24.3 Å². The first kappa shape index (κ1) is 17.9. The maximum absolute atomic E-state index is 13.0. The molecule has 2 aromatic rings. The molecule has 1 N–H and O–H groups in total. The first-order chi connectivity index (χ1) is 12.5. The summed E-state index contributed by atoms with van der Waals surface area (Å²) in [4.78, 5) is 26.2. The van der Waals surface area contributed by atoms with Crippen LogP contribution in [0.25, 0.3) is 0 Å². The lowest BCUT2D eigenvalue weighted by molar-refractivity contribution is -0.141. The van der Waals surface area contributed by atoms with Gasteiger partial charge in [0.25, 0.3) is 5.91 Å². The van der Waals surface area contributed by atoms with Crippen molar-refractivity contribution in [2.45, 2.75) is 25.5 Å². The Morgan fingerprint density at radius 1 is 1.23 bits per heavy atom. The molecular formula is C21H21NO4. The molecule has 1 atom stereocenters. The molecule has 0 radical (unpaired) electrons. The van der Waals surface area contributed by atoms with Gasteiger partial charge in [0.2, 0.25) is 0 Å². The lowest BCUT2D eigenvalue weighted by Gasteiger charge is -2.23. The highest BCUT2D eigenvalue weighted by Crippen LogP contribution is 2.43. The first-order valence-electron chi connectivity index (χ1n) is 8.42. The monoisotopic (exact) mass is 351 g/mol. The molecule has 1 aliphatic heterocycles. The van der Waals surface area contributed by atoms with Crippen LogP contribution in [0.3, 0.4) is 0 Å². The summed E-state index contributed by atoms with van der Waals surface area (Å²) in [5.74, 6) is -0.0840. The van der Waals surface area contributed by atoms with Gasteiger partial charge in [-0.1, -0.05) is 49.1 Å². The van der Waals surface area contributed by atoms with Crippen molar-refractivity contribution in [2.24, 2.45) is 0 Å². The van der Waals surface area contributed by atoms with Crippen LogP contribution in [0, 0.1) is 0 Å². The molecule has 134 valence electrons. The van der Waals surface area contributed by atoms with Crippen molar-refractivity contribution in [3.63, 3.8) is 0 Å². The summed E-state index contributed by atoms with van der Waals surface area (Å²) in [6, 6.07) is 14.4. The van der Waals surface area contributed by atoms with Gasteiger partial charge in [-0.15, -0.1) is 0 Å². The van der Waals surface area contributed by atoms with Crippen LogP contribution in [-0.4, -0.2) is 23.4 Å². The third-order valence-electron chi connectivity index (χ3n) is 4.40. The van der Waals surface area contributed by atoms with Crippen LogP contribution >= 0.6 is 0 Å². The van der Waals surface area contributed by atoms with Crippen molar-refractivity contribution in [1.82, 2.24) is 0 Å². The zero-order valence-corrected chi connectivity index (χ0v) is 14.6. The number of para-hydroxylation sites is 2. The SMILES string of the molecule is C=CCOc1ccccc1CN1C(=O)C(O)(CC(C)=O)c2ccccc21. The molecule has 2 aromatic carbocycles. The zero-order valence-electron chi connectivity index (χ0n) is 14.6. The van der Waals surface area contributed by atoms with E-state index in [9.17, 15) is 14.7 Å². The Kier molecular flexibility index (Phi) is 4.91. The number of fused-ring (bicyclic) bond motifs is 1. The van der Waals surface area contributed by atoms with Crippen molar-refractivity contribution < 1.29 is 19.4 Å². The predicted octanol–water partition coefficient (Wildman–Crippen LogP) is 2.96. The predicted molar refractivity (Wildman–Crippen MR) is 99.0 cm³/mol. The van der Waals surface area contributed by atoms with E-state index in [1.54, 1.807) is 30.3 Å². The molecule has 0 bridgehead atoms. The Morgan fingerprint density at radius 2 is 1.92 bits per heavy atom. The number of ether oxygens (including phenoxy) is 1. The van der Waals surface area contributed by atoms with E-state index in [1.165, 1.54) is 11.8 Å². The molecule has 0 saturated carbocycles. The summed E-state index contributed by atoms with van der Waals surface area (Å²) in [6.45, 7) is 5.61. The van der Waals surface area contributed by atoms with Crippen molar-refractivity contribution in [3.8, 4) is 5.75 Å². The Labute approximate surface area is 152 Å². The summed E-state index contributed by atoms with van der Waals surface area (Å²) in [5, 5.41) is 11.0. The highest BCUT2D eigenvalue weighted by molar-refractivity contribution is 6.08. The molecule has 1 aliphatic rings. The van der Waals surface area contributed by atoms with Crippen LogP contribution in [0.1, 0.15) is 24.5 Å². The Bertz CT molecular complexity index is 861. The molecule has 0 aliphatic carbocycles. The molecule has 0 fully saturated rings. The van der Waals surface area contributed by atoms with E-state index in [-0.39, 0.29) is 18.7 Å². The molecule has 3 rings (SSSR count). The van der Waals surface area contributed by atoms with Gasteiger partial charge in [-0.2, -0.15) is 0 Å². The van der Waals surface area contributed by atoms with Crippen LogP contribution in [-0.2, 0) is 21.7 Å². The second-order valence-corrected chi connectivity index (χ2v) is 6.35. The minimum atomic E-state index is -1.82. The van der Waals surface area contributed by atoms with E-state index in [4.69, 9.17) is 4.74 Å². The largest absolute Gasteiger partial charge is 0.489 e. The number of benzene rings is 2. The normalized spacial score (nSPS) is 18.5. The van der Waals surface area contributed by atoms with Crippen LogP contribution in [0.2, 0.25) is 0 Å². The van der Waals surface area contributed by atoms with Gasteiger partial charge in [-0.3, -0.25) is 9.59 Å². The zero-order chi connectivity index (χ0) is 18.7. The quantitative estimate of drug-likeness (QED) is 0.779. The van der Waals surface area contributed by atoms with Gasteiger partial charge in [0.05, 0.1) is 12.2 Å². The maximum Gasteiger partial charge on any atom is 0.264 e. The van der Waals surface area contributed by atoms with Gasteiger partial charge in [0, 0.05) is 17.5 Å². The fraction of sp³-hybridized carbons (Fsp3) is 0.238. The third kappa shape index (κ3) is 3.13. The number of rotatable bonds is 7. The molecule has 0 aromatic heterocycles. The number of anilines is 1. The second-order valence-electron chi connectivity index (χ2n) is 6.35. The first-order valence-corrected chi connectivity index (χ1v) is 8.42. The molecule has 5 heteroatoms.